The number of rotatable bonds is 3. The molecule has 0 aromatic carbocycles. The van der Waals surface area contributed by atoms with Gasteiger partial charge in [-0.25, -0.2) is 0 Å². The number of piperidine rings is 1. The third-order valence-electron chi connectivity index (χ3n) is 5.69. The molecule has 4 nitrogen and oxygen atoms in total. The number of nitrogens with zero attached hydrogens (tertiary/aromatic N) is 1. The molecule has 0 bridgehead atoms. The van der Waals surface area contributed by atoms with Crippen molar-refractivity contribution in [2.24, 2.45) is 5.92 Å². The Bertz CT molecular complexity index is 438. The summed E-state index contributed by atoms with van der Waals surface area (Å²) < 4.78 is 0. The lowest BCUT2D eigenvalue weighted by molar-refractivity contribution is -0.136. The minimum absolute atomic E-state index is 0.0859. The third-order valence-corrected chi connectivity index (χ3v) is 5.69. The van der Waals surface area contributed by atoms with Gasteiger partial charge in [0.05, 0.1) is 11.6 Å². The molecular formula is C18H32N2O2. The highest BCUT2D eigenvalue weighted by Gasteiger charge is 2.52. The number of carbonyl (C=O) groups is 1. The molecule has 1 atom stereocenters. The van der Waals surface area contributed by atoms with Crippen LogP contribution in [0.4, 0.5) is 0 Å². The number of hydrogen-bond donors (Lipinski definition) is 2. The van der Waals surface area contributed by atoms with E-state index in [1.807, 2.05) is 4.90 Å². The predicted molar refractivity (Wildman–Crippen MR) is 87.6 cm³/mol. The van der Waals surface area contributed by atoms with Gasteiger partial charge in [-0.1, -0.05) is 0 Å². The molecule has 1 unspecified atom stereocenters. The average molecular weight is 308 g/mol. The summed E-state index contributed by atoms with van der Waals surface area (Å²) in [6.45, 7) is 9.77. The standard InChI is InChI=1S/C18H32N2O2/c1-16(2)11-13(12-17(3,4)19-16)10-15(21)20-9-5-6-14(20)18(22)7-8-18/h13-14,19,22H,5-12H2,1-4H3. The largest absolute Gasteiger partial charge is 0.388 e. The highest BCUT2D eigenvalue weighted by atomic mass is 16.3. The van der Waals surface area contributed by atoms with Gasteiger partial charge in [-0.15, -0.1) is 0 Å². The van der Waals surface area contributed by atoms with Gasteiger partial charge in [0.25, 0.3) is 0 Å². The second-order valence-electron chi connectivity index (χ2n) is 9.22. The van der Waals surface area contributed by atoms with Crippen molar-refractivity contribution < 1.29 is 9.90 Å². The van der Waals surface area contributed by atoms with Gasteiger partial charge in [-0.05, 0) is 72.1 Å². The zero-order valence-corrected chi connectivity index (χ0v) is 14.6. The molecule has 4 heteroatoms. The van der Waals surface area contributed by atoms with E-state index in [2.05, 4.69) is 33.0 Å². The molecule has 0 aromatic rings. The van der Waals surface area contributed by atoms with Gasteiger partial charge in [0, 0.05) is 24.0 Å². The first kappa shape index (κ1) is 16.3. The third kappa shape index (κ3) is 3.33. The van der Waals surface area contributed by atoms with Gasteiger partial charge in [0.15, 0.2) is 0 Å². The van der Waals surface area contributed by atoms with Gasteiger partial charge >= 0.3 is 0 Å². The summed E-state index contributed by atoms with van der Waals surface area (Å²) in [5, 5.41) is 14.1. The Balaban J connectivity index is 1.64. The zero-order chi connectivity index (χ0) is 16.2. The summed E-state index contributed by atoms with van der Waals surface area (Å²) in [7, 11) is 0. The van der Waals surface area contributed by atoms with Crippen molar-refractivity contribution in [1.29, 1.82) is 0 Å². The maximum Gasteiger partial charge on any atom is 0.223 e. The number of likely N-dealkylation sites (tertiary alicyclic amines) is 1. The first-order valence-corrected chi connectivity index (χ1v) is 8.92. The van der Waals surface area contributed by atoms with Crippen LogP contribution >= 0.6 is 0 Å². The van der Waals surface area contributed by atoms with E-state index in [-0.39, 0.29) is 23.0 Å². The molecule has 1 aliphatic carbocycles. The first-order valence-electron chi connectivity index (χ1n) is 8.92. The summed E-state index contributed by atoms with van der Waals surface area (Å²) in [6, 6.07) is 0.0859. The normalized spacial score (nSPS) is 33.0. The van der Waals surface area contributed by atoms with Crippen LogP contribution in [0, 0.1) is 5.92 Å². The van der Waals surface area contributed by atoms with Crippen LogP contribution < -0.4 is 5.32 Å². The fourth-order valence-corrected chi connectivity index (χ4v) is 5.13. The lowest BCUT2D eigenvalue weighted by atomic mass is 9.74. The molecule has 0 radical (unpaired) electrons. The lowest BCUT2D eigenvalue weighted by Crippen LogP contribution is -2.58. The summed E-state index contributed by atoms with van der Waals surface area (Å²) in [4.78, 5) is 14.8. The number of aliphatic hydroxyl groups is 1. The molecule has 1 saturated carbocycles. The molecule has 1 amide bonds. The Kier molecular flexibility index (Phi) is 3.84. The monoisotopic (exact) mass is 308 g/mol. The molecule has 2 saturated heterocycles. The summed E-state index contributed by atoms with van der Waals surface area (Å²) in [6.07, 6.45) is 6.49. The molecule has 22 heavy (non-hydrogen) atoms. The van der Waals surface area contributed by atoms with Crippen molar-refractivity contribution in [3.05, 3.63) is 0 Å². The van der Waals surface area contributed by atoms with Crippen molar-refractivity contribution in [1.82, 2.24) is 10.2 Å². The van der Waals surface area contributed by atoms with Gasteiger partial charge in [0.2, 0.25) is 5.91 Å². The Labute approximate surface area is 134 Å². The van der Waals surface area contributed by atoms with Crippen LogP contribution in [-0.4, -0.2) is 45.2 Å². The van der Waals surface area contributed by atoms with Crippen LogP contribution in [-0.2, 0) is 4.79 Å². The SMILES string of the molecule is CC1(C)CC(CC(=O)N2CCCC2C2(O)CC2)CC(C)(C)N1. The molecule has 2 heterocycles. The minimum Gasteiger partial charge on any atom is -0.388 e. The summed E-state index contributed by atoms with van der Waals surface area (Å²) in [5.74, 6) is 0.704. The topological polar surface area (TPSA) is 52.6 Å². The molecule has 0 aromatic heterocycles. The molecule has 2 aliphatic heterocycles. The van der Waals surface area contributed by atoms with E-state index in [0.29, 0.717) is 12.3 Å². The average Bonchev–Trinajstić information content (AvgIpc) is 2.88. The quantitative estimate of drug-likeness (QED) is 0.842. The van der Waals surface area contributed by atoms with Crippen LogP contribution in [0.1, 0.15) is 72.6 Å². The molecule has 2 N–H and O–H groups in total. The fraction of sp³-hybridized carbons (Fsp3) is 0.944. The fourth-order valence-electron chi connectivity index (χ4n) is 5.13. The van der Waals surface area contributed by atoms with E-state index in [4.69, 9.17) is 0 Å². The lowest BCUT2D eigenvalue weighted by Gasteiger charge is -2.46. The Morgan fingerprint density at radius 1 is 1.18 bits per heavy atom. The number of amides is 1. The zero-order valence-electron chi connectivity index (χ0n) is 14.6. The van der Waals surface area contributed by atoms with Crippen molar-refractivity contribution in [2.45, 2.75) is 95.4 Å². The Hall–Kier alpha value is -0.610. The smallest absolute Gasteiger partial charge is 0.223 e. The van der Waals surface area contributed by atoms with Gasteiger partial charge in [-0.3, -0.25) is 4.79 Å². The molecule has 126 valence electrons. The van der Waals surface area contributed by atoms with Crippen molar-refractivity contribution in [3.63, 3.8) is 0 Å². The Morgan fingerprint density at radius 3 is 2.32 bits per heavy atom. The molecule has 3 fully saturated rings. The Morgan fingerprint density at radius 2 is 1.77 bits per heavy atom. The van der Waals surface area contributed by atoms with E-state index in [0.717, 1.165) is 45.1 Å². The molecular weight excluding hydrogens is 276 g/mol. The maximum absolute atomic E-state index is 12.8. The van der Waals surface area contributed by atoms with E-state index in [1.54, 1.807) is 0 Å². The van der Waals surface area contributed by atoms with Crippen molar-refractivity contribution >= 4 is 5.91 Å². The van der Waals surface area contributed by atoms with Crippen molar-refractivity contribution in [3.8, 4) is 0 Å². The summed E-state index contributed by atoms with van der Waals surface area (Å²) >= 11 is 0. The molecule has 3 rings (SSSR count). The van der Waals surface area contributed by atoms with Crippen LogP contribution in [0.2, 0.25) is 0 Å². The van der Waals surface area contributed by atoms with Crippen LogP contribution in [0.3, 0.4) is 0 Å². The van der Waals surface area contributed by atoms with Crippen LogP contribution in [0.15, 0.2) is 0 Å². The van der Waals surface area contributed by atoms with Crippen LogP contribution in [0.5, 0.6) is 0 Å². The number of carbonyl (C=O) groups excluding carboxylic acids is 1. The molecule has 0 spiro atoms. The van der Waals surface area contributed by atoms with E-state index in [9.17, 15) is 9.90 Å². The van der Waals surface area contributed by atoms with Gasteiger partial charge in [-0.2, -0.15) is 0 Å². The highest BCUT2D eigenvalue weighted by molar-refractivity contribution is 5.77. The number of hydrogen-bond acceptors (Lipinski definition) is 3. The van der Waals surface area contributed by atoms with Gasteiger partial charge in [0.1, 0.15) is 0 Å². The second-order valence-corrected chi connectivity index (χ2v) is 9.22. The maximum atomic E-state index is 12.8. The molecule has 3 aliphatic rings. The van der Waals surface area contributed by atoms with E-state index < -0.39 is 5.60 Å². The van der Waals surface area contributed by atoms with E-state index in [1.165, 1.54) is 0 Å². The first-order chi connectivity index (χ1) is 10.1. The highest BCUT2D eigenvalue weighted by Crippen LogP contribution is 2.45. The minimum atomic E-state index is -0.557. The van der Waals surface area contributed by atoms with E-state index >= 15 is 0 Å². The predicted octanol–water partition coefficient (Wildman–Crippen LogP) is 2.45. The summed E-state index contributed by atoms with van der Waals surface area (Å²) in [5.41, 5.74) is -0.379. The van der Waals surface area contributed by atoms with Gasteiger partial charge < -0.3 is 15.3 Å². The van der Waals surface area contributed by atoms with Crippen molar-refractivity contribution in [2.75, 3.05) is 6.54 Å². The second kappa shape index (κ2) is 5.20. The number of nitrogens with one attached hydrogen (secondary N) is 1. The van der Waals surface area contributed by atoms with Crippen LogP contribution in [0.25, 0.3) is 0 Å².